The molecule has 0 spiro atoms. The van der Waals surface area contributed by atoms with Crippen molar-refractivity contribution in [2.45, 2.75) is 25.8 Å². The molecule has 1 atom stereocenters. The van der Waals surface area contributed by atoms with Crippen molar-refractivity contribution in [3.8, 4) is 0 Å². The Balaban J connectivity index is 2.39. The molecule has 1 heterocycles. The summed E-state index contributed by atoms with van der Waals surface area (Å²) in [6.07, 6.45) is 2.45. The van der Waals surface area contributed by atoms with E-state index in [1.165, 1.54) is 36.2 Å². The molecule has 0 saturated heterocycles. The number of benzene rings is 1. The van der Waals surface area contributed by atoms with Gasteiger partial charge < -0.3 is 10.6 Å². The Bertz CT molecular complexity index is 331. The predicted octanol–water partition coefficient (Wildman–Crippen LogP) is 2.09. The molecular formula is C12H18N2. The zero-order valence-electron chi connectivity index (χ0n) is 8.96. The van der Waals surface area contributed by atoms with Crippen LogP contribution in [0.5, 0.6) is 0 Å². The number of hydrogen-bond donors (Lipinski definition) is 1. The van der Waals surface area contributed by atoms with Crippen LogP contribution < -0.4 is 10.6 Å². The second-order valence-electron chi connectivity index (χ2n) is 4.20. The van der Waals surface area contributed by atoms with Crippen LogP contribution in [0.2, 0.25) is 0 Å². The van der Waals surface area contributed by atoms with Crippen molar-refractivity contribution in [1.29, 1.82) is 0 Å². The van der Waals surface area contributed by atoms with Gasteiger partial charge in [0.2, 0.25) is 0 Å². The van der Waals surface area contributed by atoms with Crippen molar-refractivity contribution in [2.24, 2.45) is 5.73 Å². The van der Waals surface area contributed by atoms with Crippen LogP contribution >= 0.6 is 0 Å². The molecule has 1 aromatic rings. The highest BCUT2D eigenvalue weighted by molar-refractivity contribution is 5.56. The van der Waals surface area contributed by atoms with E-state index < -0.39 is 0 Å². The molecule has 2 rings (SSSR count). The van der Waals surface area contributed by atoms with E-state index in [2.05, 4.69) is 30.1 Å². The van der Waals surface area contributed by atoms with E-state index in [1.54, 1.807) is 0 Å². The van der Waals surface area contributed by atoms with Crippen LogP contribution in [-0.4, -0.2) is 13.6 Å². The Morgan fingerprint density at radius 1 is 1.43 bits per heavy atom. The summed E-state index contributed by atoms with van der Waals surface area (Å²) in [4.78, 5) is 2.32. The van der Waals surface area contributed by atoms with Crippen LogP contribution in [0, 0.1) is 0 Å². The van der Waals surface area contributed by atoms with Gasteiger partial charge in [-0.15, -0.1) is 0 Å². The molecule has 0 aromatic heterocycles. The first kappa shape index (κ1) is 9.53. The second-order valence-corrected chi connectivity index (χ2v) is 4.20. The first-order chi connectivity index (χ1) is 6.68. The Morgan fingerprint density at radius 2 is 2.21 bits per heavy atom. The average Bonchev–Trinajstić information content (AvgIpc) is 2.17. The molecule has 0 bridgehead atoms. The normalized spacial score (nSPS) is 17.8. The fourth-order valence-electron chi connectivity index (χ4n) is 2.09. The molecule has 0 fully saturated rings. The number of nitrogens with two attached hydrogens (primary N) is 1. The number of nitrogens with zero attached hydrogens (tertiary/aromatic N) is 1. The minimum atomic E-state index is 0.146. The lowest BCUT2D eigenvalue weighted by atomic mass is 9.97. The largest absolute Gasteiger partial charge is 0.374 e. The SMILES string of the molecule is CC(N)c1ccc2c(c1)CCCN2C. The summed E-state index contributed by atoms with van der Waals surface area (Å²) in [5, 5.41) is 0. The van der Waals surface area contributed by atoms with E-state index >= 15 is 0 Å². The highest BCUT2D eigenvalue weighted by atomic mass is 15.1. The molecule has 1 aliphatic rings. The summed E-state index contributed by atoms with van der Waals surface area (Å²) in [6, 6.07) is 6.75. The zero-order chi connectivity index (χ0) is 10.1. The van der Waals surface area contributed by atoms with E-state index in [1.807, 2.05) is 6.92 Å². The standard InChI is InChI=1S/C12H18N2/c1-9(13)10-5-6-12-11(8-10)4-3-7-14(12)2/h5-6,8-9H,3-4,7,13H2,1-2H3. The maximum Gasteiger partial charge on any atom is 0.0396 e. The molecule has 2 N–H and O–H groups in total. The van der Waals surface area contributed by atoms with Gasteiger partial charge in [0.25, 0.3) is 0 Å². The molecule has 1 aliphatic heterocycles. The second kappa shape index (κ2) is 3.62. The van der Waals surface area contributed by atoms with Crippen LogP contribution in [-0.2, 0) is 6.42 Å². The third-order valence-corrected chi connectivity index (χ3v) is 2.98. The molecule has 0 radical (unpaired) electrons. The summed E-state index contributed by atoms with van der Waals surface area (Å²) in [5.41, 5.74) is 9.94. The Kier molecular flexibility index (Phi) is 2.46. The molecule has 0 amide bonds. The molecule has 2 nitrogen and oxygen atoms in total. The number of hydrogen-bond acceptors (Lipinski definition) is 2. The van der Waals surface area contributed by atoms with Gasteiger partial charge in [0.1, 0.15) is 0 Å². The van der Waals surface area contributed by atoms with E-state index in [9.17, 15) is 0 Å². The maximum absolute atomic E-state index is 5.87. The van der Waals surface area contributed by atoms with Gasteiger partial charge in [-0.2, -0.15) is 0 Å². The molecule has 0 aliphatic carbocycles. The zero-order valence-corrected chi connectivity index (χ0v) is 8.96. The molecule has 1 aromatic carbocycles. The number of aryl methyl sites for hydroxylation is 1. The number of fused-ring (bicyclic) bond motifs is 1. The van der Waals surface area contributed by atoms with Gasteiger partial charge in [-0.1, -0.05) is 12.1 Å². The van der Waals surface area contributed by atoms with Crippen molar-refractivity contribution >= 4 is 5.69 Å². The van der Waals surface area contributed by atoms with Crippen molar-refractivity contribution in [3.63, 3.8) is 0 Å². The van der Waals surface area contributed by atoms with E-state index in [-0.39, 0.29) is 6.04 Å². The van der Waals surface area contributed by atoms with Gasteiger partial charge in [-0.25, -0.2) is 0 Å². The predicted molar refractivity (Wildman–Crippen MR) is 60.6 cm³/mol. The number of rotatable bonds is 1. The topological polar surface area (TPSA) is 29.3 Å². The molecule has 2 heteroatoms. The molecule has 14 heavy (non-hydrogen) atoms. The van der Waals surface area contributed by atoms with Gasteiger partial charge in [0.15, 0.2) is 0 Å². The lowest BCUT2D eigenvalue weighted by Crippen LogP contribution is -2.24. The van der Waals surface area contributed by atoms with E-state index in [0.29, 0.717) is 0 Å². The van der Waals surface area contributed by atoms with Crippen LogP contribution in [0.15, 0.2) is 18.2 Å². The molecule has 76 valence electrons. The van der Waals surface area contributed by atoms with Crippen LogP contribution in [0.4, 0.5) is 5.69 Å². The first-order valence-electron chi connectivity index (χ1n) is 5.28. The van der Waals surface area contributed by atoms with Crippen molar-refractivity contribution in [2.75, 3.05) is 18.5 Å². The lowest BCUT2D eigenvalue weighted by Gasteiger charge is -2.28. The monoisotopic (exact) mass is 190 g/mol. The highest BCUT2D eigenvalue weighted by Crippen LogP contribution is 2.28. The van der Waals surface area contributed by atoms with Crippen LogP contribution in [0.1, 0.15) is 30.5 Å². The summed E-state index contributed by atoms with van der Waals surface area (Å²) in [6.45, 7) is 3.21. The molecule has 1 unspecified atom stereocenters. The van der Waals surface area contributed by atoms with Crippen molar-refractivity contribution in [3.05, 3.63) is 29.3 Å². The fourth-order valence-corrected chi connectivity index (χ4v) is 2.09. The Morgan fingerprint density at radius 3 is 2.93 bits per heavy atom. The number of anilines is 1. The summed E-state index contributed by atoms with van der Waals surface area (Å²) in [5.74, 6) is 0. The summed E-state index contributed by atoms with van der Waals surface area (Å²) in [7, 11) is 2.16. The van der Waals surface area contributed by atoms with Gasteiger partial charge in [0.05, 0.1) is 0 Å². The van der Waals surface area contributed by atoms with Gasteiger partial charge >= 0.3 is 0 Å². The van der Waals surface area contributed by atoms with Gasteiger partial charge in [-0.05, 0) is 37.0 Å². The summed E-state index contributed by atoms with van der Waals surface area (Å²) < 4.78 is 0. The minimum Gasteiger partial charge on any atom is -0.374 e. The van der Waals surface area contributed by atoms with E-state index in [0.717, 1.165) is 0 Å². The fraction of sp³-hybridized carbons (Fsp3) is 0.500. The van der Waals surface area contributed by atoms with Crippen LogP contribution in [0.25, 0.3) is 0 Å². The van der Waals surface area contributed by atoms with Crippen molar-refractivity contribution < 1.29 is 0 Å². The smallest absolute Gasteiger partial charge is 0.0396 e. The van der Waals surface area contributed by atoms with Crippen molar-refractivity contribution in [1.82, 2.24) is 0 Å². The third-order valence-electron chi connectivity index (χ3n) is 2.98. The lowest BCUT2D eigenvalue weighted by molar-refractivity contribution is 0.737. The molecular weight excluding hydrogens is 172 g/mol. The third kappa shape index (κ3) is 1.62. The minimum absolute atomic E-state index is 0.146. The Hall–Kier alpha value is -1.02. The van der Waals surface area contributed by atoms with Crippen LogP contribution in [0.3, 0.4) is 0 Å². The van der Waals surface area contributed by atoms with Gasteiger partial charge in [0, 0.05) is 25.3 Å². The Labute approximate surface area is 85.7 Å². The highest BCUT2D eigenvalue weighted by Gasteiger charge is 2.14. The first-order valence-corrected chi connectivity index (χ1v) is 5.28. The summed E-state index contributed by atoms with van der Waals surface area (Å²) >= 11 is 0. The van der Waals surface area contributed by atoms with Gasteiger partial charge in [-0.3, -0.25) is 0 Å². The molecule has 0 saturated carbocycles. The van der Waals surface area contributed by atoms with E-state index in [4.69, 9.17) is 5.73 Å². The average molecular weight is 190 g/mol. The maximum atomic E-state index is 5.87. The quantitative estimate of drug-likeness (QED) is 0.734.